The molecule has 0 atom stereocenters. The molecule has 2 N–H and O–H groups in total. The molecule has 0 aliphatic heterocycles. The lowest BCUT2D eigenvalue weighted by molar-refractivity contribution is 1.06. The highest BCUT2D eigenvalue weighted by Gasteiger charge is 2.04. The molecule has 0 spiro atoms. The van der Waals surface area contributed by atoms with E-state index in [0.717, 1.165) is 23.7 Å². The lowest BCUT2D eigenvalue weighted by Gasteiger charge is -2.10. The fourth-order valence-corrected chi connectivity index (χ4v) is 1.66. The second-order valence-corrected chi connectivity index (χ2v) is 3.79. The quantitative estimate of drug-likeness (QED) is 0.844. The summed E-state index contributed by atoms with van der Waals surface area (Å²) in [7, 11) is 1.86. The Hall–Kier alpha value is -2.10. The van der Waals surface area contributed by atoms with E-state index in [0.29, 0.717) is 0 Å². The Morgan fingerprint density at radius 3 is 2.47 bits per heavy atom. The molecule has 0 aliphatic carbocycles. The number of anilines is 2. The number of benzene rings is 1. The normalized spacial score (nSPS) is 10.0. The Balaban J connectivity index is 2.09. The number of aromatic nitrogens is 2. The zero-order valence-electron chi connectivity index (χ0n) is 10.1. The van der Waals surface area contributed by atoms with Crippen LogP contribution in [0.1, 0.15) is 11.1 Å². The molecule has 0 saturated carbocycles. The van der Waals surface area contributed by atoms with E-state index < -0.39 is 0 Å². The van der Waals surface area contributed by atoms with Crippen molar-refractivity contribution >= 4 is 11.6 Å². The summed E-state index contributed by atoms with van der Waals surface area (Å²) in [6, 6.07) is 10.2. The maximum absolute atomic E-state index is 4.24. The Labute approximate surface area is 101 Å². The summed E-state index contributed by atoms with van der Waals surface area (Å²) in [4.78, 5) is 8.39. The van der Waals surface area contributed by atoms with Crippen LogP contribution in [0.15, 0.2) is 36.7 Å². The van der Waals surface area contributed by atoms with Crippen molar-refractivity contribution in [1.29, 1.82) is 0 Å². The van der Waals surface area contributed by atoms with Crippen LogP contribution in [0.5, 0.6) is 0 Å². The van der Waals surface area contributed by atoms with Crippen LogP contribution < -0.4 is 10.6 Å². The molecule has 0 fully saturated rings. The van der Waals surface area contributed by atoms with Crippen molar-refractivity contribution in [2.45, 2.75) is 13.5 Å². The fraction of sp³-hybridized carbons (Fsp3) is 0.231. The van der Waals surface area contributed by atoms with Crippen LogP contribution >= 0.6 is 0 Å². The maximum atomic E-state index is 4.24. The van der Waals surface area contributed by atoms with Gasteiger partial charge < -0.3 is 10.6 Å². The van der Waals surface area contributed by atoms with Crippen molar-refractivity contribution in [1.82, 2.24) is 9.97 Å². The first-order valence-corrected chi connectivity index (χ1v) is 5.58. The van der Waals surface area contributed by atoms with Crippen molar-refractivity contribution < 1.29 is 0 Å². The van der Waals surface area contributed by atoms with Crippen LogP contribution in [-0.2, 0) is 6.54 Å². The molecule has 0 aliphatic rings. The summed E-state index contributed by atoms with van der Waals surface area (Å²) in [5.41, 5.74) is 2.27. The summed E-state index contributed by atoms with van der Waals surface area (Å²) in [5, 5.41) is 6.36. The predicted octanol–water partition coefficient (Wildman–Crippen LogP) is 2.44. The van der Waals surface area contributed by atoms with Gasteiger partial charge in [0.2, 0.25) is 0 Å². The second-order valence-electron chi connectivity index (χ2n) is 3.79. The zero-order chi connectivity index (χ0) is 12.1. The number of nitrogens with one attached hydrogen (secondary N) is 2. The van der Waals surface area contributed by atoms with Crippen LogP contribution in [0.3, 0.4) is 0 Å². The van der Waals surface area contributed by atoms with E-state index in [2.05, 4.69) is 32.7 Å². The third-order valence-corrected chi connectivity index (χ3v) is 2.62. The molecular weight excluding hydrogens is 212 g/mol. The van der Waals surface area contributed by atoms with Gasteiger partial charge in [-0.1, -0.05) is 30.3 Å². The smallest absolute Gasteiger partial charge is 0.134 e. The SMILES string of the molecule is CNc1ncnc(NCc2ccccc2)c1C. The highest BCUT2D eigenvalue weighted by Crippen LogP contribution is 2.17. The Morgan fingerprint density at radius 1 is 1.06 bits per heavy atom. The van der Waals surface area contributed by atoms with E-state index in [1.807, 2.05) is 32.2 Å². The highest BCUT2D eigenvalue weighted by atomic mass is 15.1. The topological polar surface area (TPSA) is 49.8 Å². The van der Waals surface area contributed by atoms with Gasteiger partial charge in [-0.15, -0.1) is 0 Å². The van der Waals surface area contributed by atoms with E-state index in [1.165, 1.54) is 5.56 Å². The van der Waals surface area contributed by atoms with Crippen molar-refractivity contribution in [2.75, 3.05) is 17.7 Å². The number of hydrogen-bond acceptors (Lipinski definition) is 4. The van der Waals surface area contributed by atoms with Crippen molar-refractivity contribution in [3.8, 4) is 0 Å². The Bertz CT molecular complexity index is 482. The van der Waals surface area contributed by atoms with Gasteiger partial charge in [0, 0.05) is 19.2 Å². The third-order valence-electron chi connectivity index (χ3n) is 2.62. The zero-order valence-corrected chi connectivity index (χ0v) is 10.1. The van der Waals surface area contributed by atoms with Gasteiger partial charge in [-0.05, 0) is 12.5 Å². The van der Waals surface area contributed by atoms with E-state index in [9.17, 15) is 0 Å². The minimum absolute atomic E-state index is 0.766. The van der Waals surface area contributed by atoms with Gasteiger partial charge in [-0.2, -0.15) is 0 Å². The lowest BCUT2D eigenvalue weighted by Crippen LogP contribution is -2.06. The first kappa shape index (κ1) is 11.4. The number of rotatable bonds is 4. The number of nitrogens with zero attached hydrogens (tertiary/aromatic N) is 2. The van der Waals surface area contributed by atoms with Crippen molar-refractivity contribution in [3.05, 3.63) is 47.8 Å². The molecule has 4 heteroatoms. The molecular formula is C13H16N4. The lowest BCUT2D eigenvalue weighted by atomic mass is 10.2. The van der Waals surface area contributed by atoms with Gasteiger partial charge in [-0.25, -0.2) is 9.97 Å². The molecule has 1 heterocycles. The van der Waals surface area contributed by atoms with Gasteiger partial charge in [0.05, 0.1) is 0 Å². The molecule has 4 nitrogen and oxygen atoms in total. The largest absolute Gasteiger partial charge is 0.373 e. The molecule has 0 bridgehead atoms. The molecule has 1 aromatic heterocycles. The Kier molecular flexibility index (Phi) is 3.55. The molecule has 0 amide bonds. The summed E-state index contributed by atoms with van der Waals surface area (Å²) >= 11 is 0. The van der Waals surface area contributed by atoms with Gasteiger partial charge >= 0.3 is 0 Å². The second kappa shape index (κ2) is 5.30. The van der Waals surface area contributed by atoms with Crippen LogP contribution in [0.4, 0.5) is 11.6 Å². The first-order valence-electron chi connectivity index (χ1n) is 5.58. The molecule has 88 valence electrons. The molecule has 2 rings (SSSR count). The van der Waals surface area contributed by atoms with Crippen LogP contribution in [-0.4, -0.2) is 17.0 Å². The molecule has 0 radical (unpaired) electrons. The monoisotopic (exact) mass is 228 g/mol. The van der Waals surface area contributed by atoms with Gasteiger partial charge in [0.15, 0.2) is 0 Å². The van der Waals surface area contributed by atoms with Crippen LogP contribution in [0.25, 0.3) is 0 Å². The summed E-state index contributed by atoms with van der Waals surface area (Å²) in [6.45, 7) is 2.76. The summed E-state index contributed by atoms with van der Waals surface area (Å²) in [6.07, 6.45) is 1.56. The van der Waals surface area contributed by atoms with Gasteiger partial charge in [0.1, 0.15) is 18.0 Å². The van der Waals surface area contributed by atoms with Crippen molar-refractivity contribution in [3.63, 3.8) is 0 Å². The maximum Gasteiger partial charge on any atom is 0.134 e. The summed E-state index contributed by atoms with van der Waals surface area (Å²) in [5.74, 6) is 1.73. The van der Waals surface area contributed by atoms with E-state index in [-0.39, 0.29) is 0 Å². The van der Waals surface area contributed by atoms with Crippen molar-refractivity contribution in [2.24, 2.45) is 0 Å². The average Bonchev–Trinajstić information content (AvgIpc) is 2.39. The molecule has 0 saturated heterocycles. The minimum Gasteiger partial charge on any atom is -0.373 e. The minimum atomic E-state index is 0.766. The fourth-order valence-electron chi connectivity index (χ4n) is 1.66. The summed E-state index contributed by atoms with van der Waals surface area (Å²) < 4.78 is 0. The first-order chi connectivity index (χ1) is 8.31. The molecule has 2 aromatic rings. The van der Waals surface area contributed by atoms with Crippen LogP contribution in [0.2, 0.25) is 0 Å². The highest BCUT2D eigenvalue weighted by molar-refractivity contribution is 5.56. The van der Waals surface area contributed by atoms with Gasteiger partial charge in [0.25, 0.3) is 0 Å². The predicted molar refractivity (Wildman–Crippen MR) is 70.1 cm³/mol. The van der Waals surface area contributed by atoms with Crippen LogP contribution in [0, 0.1) is 6.92 Å². The average molecular weight is 228 g/mol. The standard InChI is InChI=1S/C13H16N4/c1-10-12(14-2)16-9-17-13(10)15-8-11-6-4-3-5-7-11/h3-7,9H,8H2,1-2H3,(H2,14,15,16,17). The van der Waals surface area contributed by atoms with Gasteiger partial charge in [-0.3, -0.25) is 0 Å². The van der Waals surface area contributed by atoms with E-state index in [1.54, 1.807) is 6.33 Å². The van der Waals surface area contributed by atoms with E-state index >= 15 is 0 Å². The molecule has 17 heavy (non-hydrogen) atoms. The third kappa shape index (κ3) is 2.72. The molecule has 1 aromatic carbocycles. The molecule has 0 unspecified atom stereocenters. The Morgan fingerprint density at radius 2 is 1.76 bits per heavy atom. The van der Waals surface area contributed by atoms with E-state index in [4.69, 9.17) is 0 Å². The number of hydrogen-bond donors (Lipinski definition) is 2.